The summed E-state index contributed by atoms with van der Waals surface area (Å²) >= 11 is 5.94. The molecule has 1 aliphatic rings. The van der Waals surface area contributed by atoms with E-state index in [-0.39, 0.29) is 12.1 Å². The van der Waals surface area contributed by atoms with Crippen molar-refractivity contribution in [2.45, 2.75) is 44.4 Å². The van der Waals surface area contributed by atoms with Gasteiger partial charge >= 0.3 is 0 Å². The van der Waals surface area contributed by atoms with Crippen molar-refractivity contribution < 1.29 is 5.11 Å². The average Bonchev–Trinajstić information content (AvgIpc) is 2.33. The first kappa shape index (κ1) is 14.8. The van der Waals surface area contributed by atoms with Crippen molar-refractivity contribution in [1.82, 2.24) is 4.90 Å². The first-order chi connectivity index (χ1) is 8.89. The van der Waals surface area contributed by atoms with Crippen LogP contribution in [0.3, 0.4) is 0 Å². The van der Waals surface area contributed by atoms with E-state index in [1.807, 2.05) is 38.1 Å². The molecule has 0 amide bonds. The van der Waals surface area contributed by atoms with Crippen molar-refractivity contribution in [3.63, 3.8) is 0 Å². The average molecular weight is 283 g/mol. The van der Waals surface area contributed by atoms with Gasteiger partial charge in [0.2, 0.25) is 0 Å². The Morgan fingerprint density at radius 3 is 2.26 bits per heavy atom. The fraction of sp³-hybridized carbons (Fsp3) is 0.600. The van der Waals surface area contributed by atoms with E-state index in [4.69, 9.17) is 17.3 Å². The minimum Gasteiger partial charge on any atom is -0.390 e. The number of rotatable bonds is 3. The summed E-state index contributed by atoms with van der Waals surface area (Å²) in [6.45, 7) is 5.70. The molecular formula is C15H23ClN2O. The third-order valence-corrected chi connectivity index (χ3v) is 4.23. The molecule has 2 rings (SSSR count). The van der Waals surface area contributed by atoms with Crippen molar-refractivity contribution in [2.75, 3.05) is 13.1 Å². The summed E-state index contributed by atoms with van der Waals surface area (Å²) in [5.74, 6) is 0. The van der Waals surface area contributed by atoms with Crippen molar-refractivity contribution in [2.24, 2.45) is 5.73 Å². The Hall–Kier alpha value is -0.610. The minimum absolute atomic E-state index is 0.0456. The molecule has 3 nitrogen and oxygen atoms in total. The van der Waals surface area contributed by atoms with Crippen LogP contribution in [0.15, 0.2) is 24.3 Å². The molecule has 0 spiro atoms. The van der Waals surface area contributed by atoms with Crippen molar-refractivity contribution in [1.29, 1.82) is 0 Å². The maximum Gasteiger partial charge on any atom is 0.0644 e. The van der Waals surface area contributed by atoms with Crippen LogP contribution in [0.5, 0.6) is 0 Å². The van der Waals surface area contributed by atoms with E-state index < -0.39 is 5.60 Å². The number of hydrogen-bond acceptors (Lipinski definition) is 3. The maximum absolute atomic E-state index is 10.0. The second kappa shape index (κ2) is 5.80. The van der Waals surface area contributed by atoms with Gasteiger partial charge in [0, 0.05) is 30.2 Å². The SMILES string of the molecule is CC(N)C(c1ccc(Cl)cc1)N1CCC(C)(O)CC1. The largest absolute Gasteiger partial charge is 0.390 e. The monoisotopic (exact) mass is 282 g/mol. The molecule has 0 aromatic heterocycles. The quantitative estimate of drug-likeness (QED) is 0.896. The molecule has 0 radical (unpaired) electrons. The summed E-state index contributed by atoms with van der Waals surface area (Å²) in [5, 5.41) is 10.8. The van der Waals surface area contributed by atoms with Crippen LogP contribution in [0.25, 0.3) is 0 Å². The lowest BCUT2D eigenvalue weighted by atomic mass is 9.90. The van der Waals surface area contributed by atoms with Crippen LogP contribution in [0, 0.1) is 0 Å². The van der Waals surface area contributed by atoms with Crippen molar-refractivity contribution >= 4 is 11.6 Å². The molecule has 1 aliphatic heterocycles. The van der Waals surface area contributed by atoms with E-state index in [2.05, 4.69) is 4.90 Å². The Morgan fingerprint density at radius 1 is 1.26 bits per heavy atom. The second-order valence-corrected chi connectivity index (χ2v) is 6.32. The van der Waals surface area contributed by atoms with Crippen LogP contribution in [0.4, 0.5) is 0 Å². The zero-order valence-electron chi connectivity index (χ0n) is 11.6. The summed E-state index contributed by atoms with van der Waals surface area (Å²) in [5.41, 5.74) is 6.83. The summed E-state index contributed by atoms with van der Waals surface area (Å²) in [6.07, 6.45) is 1.59. The molecule has 1 heterocycles. The predicted octanol–water partition coefficient (Wildman–Crippen LogP) is 2.58. The van der Waals surface area contributed by atoms with Crippen molar-refractivity contribution in [3.8, 4) is 0 Å². The summed E-state index contributed by atoms with van der Waals surface area (Å²) < 4.78 is 0. The first-order valence-corrected chi connectivity index (χ1v) is 7.24. The Bertz CT molecular complexity index is 407. The van der Waals surface area contributed by atoms with Gasteiger partial charge in [0.1, 0.15) is 0 Å². The van der Waals surface area contributed by atoms with Crippen LogP contribution in [-0.4, -0.2) is 34.7 Å². The predicted molar refractivity (Wildman–Crippen MR) is 79.3 cm³/mol. The minimum atomic E-state index is -0.529. The molecule has 4 heteroatoms. The highest BCUT2D eigenvalue weighted by atomic mass is 35.5. The number of aliphatic hydroxyl groups is 1. The van der Waals surface area contributed by atoms with E-state index in [0.29, 0.717) is 0 Å². The lowest BCUT2D eigenvalue weighted by molar-refractivity contribution is -0.0194. The fourth-order valence-corrected chi connectivity index (χ4v) is 2.92. The van der Waals surface area contributed by atoms with Gasteiger partial charge in [-0.25, -0.2) is 0 Å². The van der Waals surface area contributed by atoms with Gasteiger partial charge < -0.3 is 10.8 Å². The van der Waals surface area contributed by atoms with E-state index in [1.165, 1.54) is 5.56 Å². The molecule has 1 aromatic rings. The lowest BCUT2D eigenvalue weighted by Gasteiger charge is -2.41. The van der Waals surface area contributed by atoms with Crippen LogP contribution >= 0.6 is 11.6 Å². The third kappa shape index (κ3) is 3.69. The molecule has 2 unspecified atom stereocenters. The highest BCUT2D eigenvalue weighted by Gasteiger charge is 2.32. The molecule has 0 aliphatic carbocycles. The van der Waals surface area contributed by atoms with E-state index in [9.17, 15) is 5.11 Å². The number of benzene rings is 1. The van der Waals surface area contributed by atoms with Crippen LogP contribution in [-0.2, 0) is 0 Å². The number of halogens is 1. The number of nitrogens with two attached hydrogens (primary N) is 1. The molecular weight excluding hydrogens is 260 g/mol. The maximum atomic E-state index is 10.0. The van der Waals surface area contributed by atoms with Crippen LogP contribution in [0.2, 0.25) is 5.02 Å². The molecule has 1 aromatic carbocycles. The van der Waals surface area contributed by atoms with E-state index >= 15 is 0 Å². The topological polar surface area (TPSA) is 49.5 Å². The summed E-state index contributed by atoms with van der Waals surface area (Å²) in [4.78, 5) is 2.37. The van der Waals surface area contributed by atoms with Gasteiger partial charge in [0.05, 0.1) is 5.60 Å². The molecule has 0 bridgehead atoms. The van der Waals surface area contributed by atoms with Gasteiger partial charge in [-0.1, -0.05) is 23.7 Å². The van der Waals surface area contributed by atoms with Crippen LogP contribution in [0.1, 0.15) is 38.3 Å². The molecule has 106 valence electrons. The fourth-order valence-electron chi connectivity index (χ4n) is 2.79. The number of piperidine rings is 1. The van der Waals surface area contributed by atoms with Gasteiger partial charge in [-0.3, -0.25) is 4.90 Å². The first-order valence-electron chi connectivity index (χ1n) is 6.86. The smallest absolute Gasteiger partial charge is 0.0644 e. The van der Waals surface area contributed by atoms with E-state index in [0.717, 1.165) is 31.0 Å². The normalized spacial score (nSPS) is 23.0. The highest BCUT2D eigenvalue weighted by molar-refractivity contribution is 6.30. The summed E-state index contributed by atoms with van der Waals surface area (Å²) in [6, 6.07) is 8.14. The zero-order valence-corrected chi connectivity index (χ0v) is 12.4. The lowest BCUT2D eigenvalue weighted by Crippen LogP contribution is -2.48. The number of nitrogens with zero attached hydrogens (tertiary/aromatic N) is 1. The Labute approximate surface area is 120 Å². The van der Waals surface area contributed by atoms with Crippen molar-refractivity contribution in [3.05, 3.63) is 34.9 Å². The van der Waals surface area contributed by atoms with Gasteiger partial charge in [0.15, 0.2) is 0 Å². The molecule has 1 fully saturated rings. The molecule has 2 atom stereocenters. The van der Waals surface area contributed by atoms with Gasteiger partial charge in [-0.15, -0.1) is 0 Å². The molecule has 1 saturated heterocycles. The van der Waals surface area contributed by atoms with E-state index in [1.54, 1.807) is 0 Å². The Balaban J connectivity index is 2.15. The Kier molecular flexibility index (Phi) is 4.51. The van der Waals surface area contributed by atoms with Gasteiger partial charge in [0.25, 0.3) is 0 Å². The second-order valence-electron chi connectivity index (χ2n) is 5.89. The van der Waals surface area contributed by atoms with Gasteiger partial charge in [-0.2, -0.15) is 0 Å². The third-order valence-electron chi connectivity index (χ3n) is 3.98. The van der Waals surface area contributed by atoms with Crippen LogP contribution < -0.4 is 5.73 Å². The zero-order chi connectivity index (χ0) is 14.0. The molecule has 19 heavy (non-hydrogen) atoms. The summed E-state index contributed by atoms with van der Waals surface area (Å²) in [7, 11) is 0. The number of hydrogen-bond donors (Lipinski definition) is 2. The molecule has 3 N–H and O–H groups in total. The number of likely N-dealkylation sites (tertiary alicyclic amines) is 1. The molecule has 0 saturated carbocycles. The van der Waals surface area contributed by atoms with Gasteiger partial charge in [-0.05, 0) is 44.4 Å². The highest BCUT2D eigenvalue weighted by Crippen LogP contribution is 2.30. The standard InChI is InChI=1S/C15H23ClN2O/c1-11(17)14(12-3-5-13(16)6-4-12)18-9-7-15(2,19)8-10-18/h3-6,11,14,19H,7-10,17H2,1-2H3. The Morgan fingerprint density at radius 2 is 1.79 bits per heavy atom.